The molecule has 0 saturated heterocycles. The third kappa shape index (κ3) is 6.23. The molecule has 0 radical (unpaired) electrons. The van der Waals surface area contributed by atoms with Gasteiger partial charge in [-0.2, -0.15) is 0 Å². The van der Waals surface area contributed by atoms with E-state index in [1.165, 1.54) is 22.3 Å². The van der Waals surface area contributed by atoms with Gasteiger partial charge < -0.3 is 27.0 Å². The lowest BCUT2D eigenvalue weighted by Crippen LogP contribution is -2.30. The Balaban J connectivity index is 1.37. The Hall–Kier alpha value is -5.39. The fourth-order valence-corrected chi connectivity index (χ4v) is 11.4. The van der Waals surface area contributed by atoms with E-state index < -0.39 is 0 Å². The lowest BCUT2D eigenvalue weighted by atomic mass is 9.73. The van der Waals surface area contributed by atoms with E-state index >= 15 is 0 Å². The maximum absolute atomic E-state index is 7.37. The van der Waals surface area contributed by atoms with Crippen molar-refractivity contribution in [3.05, 3.63) is 164 Å². The van der Waals surface area contributed by atoms with Crippen LogP contribution < -0.4 is 27.0 Å². The molecular weight excluding hydrogens is 886 g/mol. The molecule has 8 aromatic rings. The smallest absolute Gasteiger partial charge is 0.125 e. The zero-order chi connectivity index (χ0) is 44.1. The predicted octanol–water partition coefficient (Wildman–Crippen LogP) is 14.0. The molecule has 318 valence electrons. The molecule has 0 amide bonds. The Morgan fingerprint density at radius 2 is 0.825 bits per heavy atom. The summed E-state index contributed by atoms with van der Waals surface area (Å²) in [5.74, 6) is 0. The fraction of sp³-hybridized carbons (Fsp3) is 0.273. The van der Waals surface area contributed by atoms with Crippen LogP contribution in [0, 0.1) is 3.70 Å². The largest absolute Gasteiger partial charge is 0.324 e. The quantitative estimate of drug-likeness (QED) is 0.103. The van der Waals surface area contributed by atoms with Crippen LogP contribution in [0.2, 0.25) is 0 Å². The van der Waals surface area contributed by atoms with Crippen molar-refractivity contribution in [1.29, 1.82) is 0 Å². The monoisotopic (exact) mass is 941 g/mol. The van der Waals surface area contributed by atoms with E-state index in [0.29, 0.717) is 0 Å². The number of aromatic nitrogens is 2. The average molecular weight is 942 g/mol. The van der Waals surface area contributed by atoms with E-state index in [1.54, 1.807) is 0 Å². The molecule has 6 N–H and O–H groups in total. The topological polar surface area (TPSA) is 110 Å². The summed E-state index contributed by atoms with van der Waals surface area (Å²) in [5.41, 5.74) is 37.5. The van der Waals surface area contributed by atoms with Crippen LogP contribution in [-0.2, 0) is 10.8 Å². The average Bonchev–Trinajstić information content (AvgIpc) is 3.30. The summed E-state index contributed by atoms with van der Waals surface area (Å²) in [7, 11) is 0. The van der Waals surface area contributed by atoms with Gasteiger partial charge in [0.2, 0.25) is 0 Å². The first-order chi connectivity index (χ1) is 30.3. The molecule has 3 unspecified atom stereocenters. The second-order valence-electron chi connectivity index (χ2n) is 18.5. The Bertz CT molecular complexity index is 3040. The molecule has 7 aromatic carbocycles. The first-order valence-corrected chi connectivity index (χ1v) is 23.6. The number of fused-ring (bicyclic) bond motifs is 10. The highest BCUT2D eigenvalue weighted by atomic mass is 127. The normalized spacial score (nSPS) is 16.4. The molecular formula is C55H56IN7. The van der Waals surface area contributed by atoms with Crippen molar-refractivity contribution in [2.45, 2.75) is 96.7 Å². The zero-order valence-electron chi connectivity index (χ0n) is 37.3. The molecule has 7 nitrogen and oxygen atoms in total. The second-order valence-corrected chi connectivity index (χ2v) is 19.6. The van der Waals surface area contributed by atoms with Crippen molar-refractivity contribution in [3.8, 4) is 0 Å². The number of benzene rings is 7. The third-order valence-electron chi connectivity index (χ3n) is 14.2. The Morgan fingerprint density at radius 3 is 1.17 bits per heavy atom. The predicted molar refractivity (Wildman–Crippen MR) is 273 cm³/mol. The standard InChI is InChI=1S/C55H56IN7/c1-8-41(57)33-27-31(62-44-23-15-11-19-37(44)54(4,5)38-20-12-16-24-45(38)62)29-35-48(33)49-34(42(58)9-2)28-32(30-36(49)51-50(35)60-52(43(59)10-3)53(56)61-51)63-46-25-17-13-21-39(46)55(6,7)40-22-14-18-26-47(40)63/h11-30,41-43H,8-10,57-59H2,1-7H3. The van der Waals surface area contributed by atoms with Crippen LogP contribution in [-0.4, -0.2) is 9.97 Å². The van der Waals surface area contributed by atoms with Gasteiger partial charge in [-0.05, 0) is 135 Å². The summed E-state index contributed by atoms with van der Waals surface area (Å²) in [6.07, 6.45) is 2.23. The Labute approximate surface area is 384 Å². The van der Waals surface area contributed by atoms with Crippen LogP contribution in [0.15, 0.2) is 121 Å². The molecule has 1 aromatic heterocycles. The van der Waals surface area contributed by atoms with E-state index in [4.69, 9.17) is 27.2 Å². The minimum Gasteiger partial charge on any atom is -0.324 e. The number of halogens is 1. The van der Waals surface area contributed by atoms with Gasteiger partial charge in [0.1, 0.15) is 3.70 Å². The number of para-hydroxylation sites is 4. The van der Waals surface area contributed by atoms with Crippen molar-refractivity contribution in [1.82, 2.24) is 9.97 Å². The molecule has 0 saturated carbocycles. The number of hydrogen-bond donors (Lipinski definition) is 3. The highest BCUT2D eigenvalue weighted by Gasteiger charge is 2.39. The Morgan fingerprint density at radius 1 is 0.492 bits per heavy atom. The number of nitrogens with zero attached hydrogens (tertiary/aromatic N) is 4. The van der Waals surface area contributed by atoms with Crippen molar-refractivity contribution >= 4 is 89.3 Å². The number of hydrogen-bond acceptors (Lipinski definition) is 7. The van der Waals surface area contributed by atoms with Gasteiger partial charge in [0.05, 0.1) is 39.5 Å². The lowest BCUT2D eigenvalue weighted by Gasteiger charge is -2.42. The van der Waals surface area contributed by atoms with Gasteiger partial charge in [0.25, 0.3) is 0 Å². The van der Waals surface area contributed by atoms with E-state index in [1.807, 2.05) is 0 Å². The minimum atomic E-state index is -0.276. The van der Waals surface area contributed by atoms with Crippen molar-refractivity contribution in [2.75, 3.05) is 9.80 Å². The molecule has 0 aliphatic carbocycles. The molecule has 63 heavy (non-hydrogen) atoms. The molecule has 10 rings (SSSR count). The molecule has 2 aliphatic heterocycles. The first kappa shape index (κ1) is 41.6. The zero-order valence-corrected chi connectivity index (χ0v) is 39.5. The van der Waals surface area contributed by atoms with Crippen LogP contribution in [0.5, 0.6) is 0 Å². The Kier molecular flexibility index (Phi) is 10.2. The van der Waals surface area contributed by atoms with Crippen LogP contribution in [0.3, 0.4) is 0 Å². The van der Waals surface area contributed by atoms with Crippen LogP contribution >= 0.6 is 22.6 Å². The highest BCUT2D eigenvalue weighted by Crippen LogP contribution is 2.55. The van der Waals surface area contributed by atoms with Gasteiger partial charge in [-0.25, -0.2) is 9.97 Å². The van der Waals surface area contributed by atoms with Crippen LogP contribution in [0.4, 0.5) is 34.1 Å². The van der Waals surface area contributed by atoms with Gasteiger partial charge >= 0.3 is 0 Å². The summed E-state index contributed by atoms with van der Waals surface area (Å²) in [6, 6.07) is 43.7. The summed E-state index contributed by atoms with van der Waals surface area (Å²) >= 11 is 2.34. The van der Waals surface area contributed by atoms with Gasteiger partial charge in [0, 0.05) is 51.1 Å². The third-order valence-corrected chi connectivity index (χ3v) is 15.0. The second kappa shape index (κ2) is 15.4. The summed E-state index contributed by atoms with van der Waals surface area (Å²) in [4.78, 5) is 15.9. The van der Waals surface area contributed by atoms with Crippen LogP contribution in [0.25, 0.3) is 32.6 Å². The van der Waals surface area contributed by atoms with Crippen molar-refractivity contribution in [2.24, 2.45) is 17.2 Å². The SMILES string of the molecule is CCC(N)c1nc2c3cc(N4c5ccccc5C(C)(C)c5ccccc54)cc(C(N)CC)c3c3c(C(N)CC)cc(N4c5ccccc5C(C)(C)c5ccccc54)cc3c2nc1I. The van der Waals surface area contributed by atoms with Gasteiger partial charge in [0.15, 0.2) is 0 Å². The molecule has 2 aliphatic rings. The van der Waals surface area contributed by atoms with Gasteiger partial charge in [-0.15, -0.1) is 0 Å². The summed E-state index contributed by atoms with van der Waals surface area (Å²) < 4.78 is 0.806. The molecule has 0 bridgehead atoms. The summed E-state index contributed by atoms with van der Waals surface area (Å²) in [6.45, 7) is 15.7. The summed E-state index contributed by atoms with van der Waals surface area (Å²) in [5, 5.41) is 4.16. The molecule has 8 heteroatoms. The van der Waals surface area contributed by atoms with Crippen LogP contribution in [0.1, 0.15) is 125 Å². The molecule has 0 fully saturated rings. The minimum absolute atomic E-state index is 0.198. The number of nitrogens with two attached hydrogens (primary N) is 3. The number of rotatable bonds is 8. The van der Waals surface area contributed by atoms with Crippen molar-refractivity contribution in [3.63, 3.8) is 0 Å². The molecule has 3 heterocycles. The maximum atomic E-state index is 7.37. The number of anilines is 6. The van der Waals surface area contributed by atoms with E-state index in [-0.39, 0.29) is 29.0 Å². The van der Waals surface area contributed by atoms with Gasteiger partial charge in [-0.1, -0.05) is 121 Å². The fourth-order valence-electron chi connectivity index (χ4n) is 10.6. The highest BCUT2D eigenvalue weighted by molar-refractivity contribution is 14.1. The first-order valence-electron chi connectivity index (χ1n) is 22.5. The van der Waals surface area contributed by atoms with E-state index in [0.717, 1.165) is 106 Å². The van der Waals surface area contributed by atoms with Crippen molar-refractivity contribution < 1.29 is 0 Å². The van der Waals surface area contributed by atoms with Gasteiger partial charge in [-0.3, -0.25) is 0 Å². The molecule has 0 spiro atoms. The maximum Gasteiger partial charge on any atom is 0.125 e. The lowest BCUT2D eigenvalue weighted by molar-refractivity contribution is 0.631. The molecule has 3 atom stereocenters. The van der Waals surface area contributed by atoms with E-state index in [2.05, 4.69) is 202 Å². The van der Waals surface area contributed by atoms with E-state index in [9.17, 15) is 0 Å².